The maximum Gasteiger partial charge on any atom is 0.227 e. The van der Waals surface area contributed by atoms with Crippen LogP contribution >= 0.6 is 11.6 Å². The van der Waals surface area contributed by atoms with Crippen molar-refractivity contribution in [3.05, 3.63) is 64.5 Å². The SMILES string of the molecule is Cc1noc(C)c1-c1ccc2c(c1)nc(C1CCC(=O)N1c1ccc(Cl)c(F)c1)n2[C@@H]1CC[C@@H](O)C1. The van der Waals surface area contributed by atoms with Gasteiger partial charge in [0.25, 0.3) is 0 Å². The van der Waals surface area contributed by atoms with Gasteiger partial charge in [-0.05, 0) is 75.4 Å². The van der Waals surface area contributed by atoms with Crippen molar-refractivity contribution in [2.24, 2.45) is 0 Å². The highest BCUT2D eigenvalue weighted by molar-refractivity contribution is 6.30. The first-order valence-electron chi connectivity index (χ1n) is 12.2. The predicted molar refractivity (Wildman–Crippen MR) is 134 cm³/mol. The van der Waals surface area contributed by atoms with Gasteiger partial charge in [-0.15, -0.1) is 0 Å². The van der Waals surface area contributed by atoms with Crippen LogP contribution in [-0.4, -0.2) is 31.8 Å². The van der Waals surface area contributed by atoms with Gasteiger partial charge in [0.15, 0.2) is 0 Å². The lowest BCUT2D eigenvalue weighted by Gasteiger charge is -2.27. The van der Waals surface area contributed by atoms with Crippen LogP contribution in [0.5, 0.6) is 0 Å². The second kappa shape index (κ2) is 8.71. The largest absolute Gasteiger partial charge is 0.393 e. The van der Waals surface area contributed by atoms with Crippen LogP contribution in [-0.2, 0) is 4.79 Å². The molecule has 1 aliphatic carbocycles. The molecular weight excluding hydrogens is 483 g/mol. The van der Waals surface area contributed by atoms with Gasteiger partial charge in [-0.2, -0.15) is 0 Å². The fraction of sp³-hybridized carbons (Fsp3) is 0.370. The van der Waals surface area contributed by atoms with Gasteiger partial charge < -0.3 is 19.1 Å². The standard InChI is InChI=1S/C27H26ClFN4O3/c1-14-26(15(2)36-31-14)16-3-8-23-22(11-16)30-27(33(23)17-4-6-19(34)12-17)24-9-10-25(35)32(24)18-5-7-20(28)21(29)13-18/h3,5,7-8,11,13,17,19,24,34H,4,6,9-10,12H2,1-2H3/t17-,19-,24?/m1/s1. The summed E-state index contributed by atoms with van der Waals surface area (Å²) >= 11 is 5.91. The summed E-state index contributed by atoms with van der Waals surface area (Å²) in [4.78, 5) is 19.7. The van der Waals surface area contributed by atoms with Gasteiger partial charge in [0, 0.05) is 23.7 Å². The van der Waals surface area contributed by atoms with E-state index in [0.717, 1.165) is 52.3 Å². The molecule has 1 unspecified atom stereocenters. The quantitative estimate of drug-likeness (QED) is 0.362. The Kier molecular flexibility index (Phi) is 5.61. The molecule has 3 heterocycles. The number of hydrogen-bond donors (Lipinski definition) is 1. The Balaban J connectivity index is 1.51. The van der Waals surface area contributed by atoms with Gasteiger partial charge in [0.05, 0.1) is 33.9 Å². The van der Waals surface area contributed by atoms with Crippen LogP contribution in [0.4, 0.5) is 10.1 Å². The molecule has 0 spiro atoms. The number of aliphatic hydroxyl groups excluding tert-OH is 1. The summed E-state index contributed by atoms with van der Waals surface area (Å²) in [5.74, 6) is 0.844. The summed E-state index contributed by atoms with van der Waals surface area (Å²) < 4.78 is 21.9. The van der Waals surface area contributed by atoms with Crippen molar-refractivity contribution in [3.63, 3.8) is 0 Å². The van der Waals surface area contributed by atoms with Crippen molar-refractivity contribution in [1.82, 2.24) is 14.7 Å². The molecule has 0 bridgehead atoms. The number of benzene rings is 2. The fourth-order valence-electron chi connectivity index (χ4n) is 5.84. The first kappa shape index (κ1) is 23.2. The van der Waals surface area contributed by atoms with E-state index in [1.54, 1.807) is 11.0 Å². The minimum Gasteiger partial charge on any atom is -0.393 e. The highest BCUT2D eigenvalue weighted by Crippen LogP contribution is 2.43. The Bertz CT molecular complexity index is 1480. The third-order valence-corrected chi connectivity index (χ3v) is 7.78. The number of anilines is 1. The molecule has 2 fully saturated rings. The lowest BCUT2D eigenvalue weighted by molar-refractivity contribution is -0.117. The topological polar surface area (TPSA) is 84.4 Å². The molecule has 6 rings (SSSR count). The minimum absolute atomic E-state index is 0.0148. The smallest absolute Gasteiger partial charge is 0.227 e. The van der Waals surface area contributed by atoms with E-state index in [2.05, 4.69) is 9.72 Å². The highest BCUT2D eigenvalue weighted by atomic mass is 35.5. The van der Waals surface area contributed by atoms with E-state index in [0.29, 0.717) is 24.9 Å². The molecule has 1 amide bonds. The molecule has 1 N–H and O–H groups in total. The van der Waals surface area contributed by atoms with Crippen LogP contribution < -0.4 is 4.90 Å². The van der Waals surface area contributed by atoms with Crippen molar-refractivity contribution in [3.8, 4) is 11.1 Å². The number of amides is 1. The van der Waals surface area contributed by atoms with Crippen LogP contribution in [0.3, 0.4) is 0 Å². The van der Waals surface area contributed by atoms with Gasteiger partial charge in [0.1, 0.15) is 17.4 Å². The van der Waals surface area contributed by atoms with Crippen LogP contribution in [0.25, 0.3) is 22.2 Å². The van der Waals surface area contributed by atoms with Gasteiger partial charge in [-0.1, -0.05) is 22.8 Å². The molecule has 7 nitrogen and oxygen atoms in total. The van der Waals surface area contributed by atoms with Crippen molar-refractivity contribution in [2.45, 2.75) is 64.1 Å². The molecule has 2 aromatic heterocycles. The lowest BCUT2D eigenvalue weighted by Crippen LogP contribution is -2.30. The Morgan fingerprint density at radius 1 is 1.14 bits per heavy atom. The lowest BCUT2D eigenvalue weighted by atomic mass is 10.0. The molecule has 2 aromatic carbocycles. The zero-order valence-electron chi connectivity index (χ0n) is 20.0. The van der Waals surface area contributed by atoms with Crippen molar-refractivity contribution < 1.29 is 18.8 Å². The summed E-state index contributed by atoms with van der Waals surface area (Å²) in [6.45, 7) is 3.80. The molecule has 1 aliphatic heterocycles. The number of carbonyl (C=O) groups excluding carboxylic acids is 1. The number of imidazole rings is 1. The van der Waals surface area contributed by atoms with E-state index in [1.165, 1.54) is 12.1 Å². The van der Waals surface area contributed by atoms with Crippen molar-refractivity contribution >= 4 is 34.2 Å². The average Bonchev–Trinajstić information content (AvgIpc) is 3.61. The Morgan fingerprint density at radius 3 is 2.67 bits per heavy atom. The molecule has 0 radical (unpaired) electrons. The number of aromatic nitrogens is 3. The molecular formula is C27H26ClFN4O3. The number of rotatable bonds is 4. The third kappa shape index (κ3) is 3.71. The summed E-state index contributed by atoms with van der Waals surface area (Å²) in [7, 11) is 0. The average molecular weight is 509 g/mol. The fourth-order valence-corrected chi connectivity index (χ4v) is 5.96. The Labute approximate surface area is 212 Å². The molecule has 1 saturated heterocycles. The second-order valence-corrected chi connectivity index (χ2v) is 10.2. The molecule has 4 aromatic rings. The van der Waals surface area contributed by atoms with Crippen LogP contribution in [0.15, 0.2) is 40.9 Å². The summed E-state index contributed by atoms with van der Waals surface area (Å²) in [6, 6.07) is 10.3. The predicted octanol–water partition coefficient (Wildman–Crippen LogP) is 6.05. The summed E-state index contributed by atoms with van der Waals surface area (Å²) in [5, 5.41) is 14.4. The van der Waals surface area contributed by atoms with E-state index >= 15 is 0 Å². The number of aryl methyl sites for hydroxylation is 2. The maximum absolute atomic E-state index is 14.3. The highest BCUT2D eigenvalue weighted by Gasteiger charge is 2.39. The number of nitrogens with zero attached hydrogens (tertiary/aromatic N) is 4. The van der Waals surface area contributed by atoms with Gasteiger partial charge >= 0.3 is 0 Å². The second-order valence-electron chi connectivity index (χ2n) is 9.78. The molecule has 1 saturated carbocycles. The van der Waals surface area contributed by atoms with Crippen molar-refractivity contribution in [1.29, 1.82) is 0 Å². The first-order valence-corrected chi connectivity index (χ1v) is 12.6. The number of hydrogen-bond acceptors (Lipinski definition) is 5. The summed E-state index contributed by atoms with van der Waals surface area (Å²) in [6.07, 6.45) is 2.71. The van der Waals surface area contributed by atoms with E-state index in [-0.39, 0.29) is 29.1 Å². The number of aliphatic hydroxyl groups is 1. The van der Waals surface area contributed by atoms with Crippen molar-refractivity contribution in [2.75, 3.05) is 4.90 Å². The van der Waals surface area contributed by atoms with Crippen LogP contribution in [0, 0.1) is 19.7 Å². The minimum atomic E-state index is -0.566. The van der Waals surface area contributed by atoms with E-state index < -0.39 is 5.82 Å². The molecule has 2 aliphatic rings. The molecule has 36 heavy (non-hydrogen) atoms. The van der Waals surface area contributed by atoms with Crippen LogP contribution in [0.1, 0.15) is 61.5 Å². The molecule has 9 heteroatoms. The summed E-state index contributed by atoms with van der Waals surface area (Å²) in [5.41, 5.74) is 4.92. The zero-order valence-corrected chi connectivity index (χ0v) is 20.8. The van der Waals surface area contributed by atoms with E-state index in [9.17, 15) is 14.3 Å². The van der Waals surface area contributed by atoms with Crippen LogP contribution in [0.2, 0.25) is 5.02 Å². The number of halogens is 2. The van der Waals surface area contributed by atoms with E-state index in [1.807, 2.05) is 32.0 Å². The Hall–Kier alpha value is -3.23. The Morgan fingerprint density at radius 2 is 1.97 bits per heavy atom. The monoisotopic (exact) mass is 508 g/mol. The number of fused-ring (bicyclic) bond motifs is 1. The first-order chi connectivity index (χ1) is 17.3. The molecule has 3 atom stereocenters. The van der Waals surface area contributed by atoms with Gasteiger partial charge in [-0.25, -0.2) is 9.37 Å². The third-order valence-electron chi connectivity index (χ3n) is 7.47. The van der Waals surface area contributed by atoms with Gasteiger partial charge in [-0.3, -0.25) is 4.79 Å². The maximum atomic E-state index is 14.3. The van der Waals surface area contributed by atoms with Gasteiger partial charge in [0.2, 0.25) is 5.91 Å². The normalized spacial score (nSPS) is 22.3. The van der Waals surface area contributed by atoms with E-state index in [4.69, 9.17) is 21.1 Å². The number of carbonyl (C=O) groups is 1. The zero-order chi connectivity index (χ0) is 25.1. The molecule has 186 valence electrons.